The molecule has 35 heavy (non-hydrogen) atoms. The van der Waals surface area contributed by atoms with Crippen LogP contribution in [0, 0.1) is 11.7 Å². The fourth-order valence-electron chi connectivity index (χ4n) is 4.87. The largest absolute Gasteiger partial charge is 0.486 e. The SMILES string of the molecule is COc1ccc2ncc(F)c(CCN3CC[C@@H](C(C)(C)NCc4cc5c(cn4)OCCO5)C3)c2n1. The van der Waals surface area contributed by atoms with Gasteiger partial charge in [-0.2, -0.15) is 0 Å². The minimum atomic E-state index is -0.317. The van der Waals surface area contributed by atoms with Gasteiger partial charge >= 0.3 is 0 Å². The molecule has 1 atom stereocenters. The molecule has 0 bridgehead atoms. The normalized spacial score (nSPS) is 18.2. The van der Waals surface area contributed by atoms with E-state index in [4.69, 9.17) is 14.2 Å². The third kappa shape index (κ3) is 5.16. The Balaban J connectivity index is 1.19. The van der Waals surface area contributed by atoms with Crippen molar-refractivity contribution in [1.82, 2.24) is 25.2 Å². The lowest BCUT2D eigenvalue weighted by atomic mass is 9.86. The molecule has 0 aromatic carbocycles. The molecule has 3 aromatic heterocycles. The van der Waals surface area contributed by atoms with Gasteiger partial charge in [0.25, 0.3) is 0 Å². The number of ether oxygens (including phenoxy) is 3. The van der Waals surface area contributed by atoms with Crippen molar-refractivity contribution in [3.63, 3.8) is 0 Å². The fourth-order valence-corrected chi connectivity index (χ4v) is 4.87. The van der Waals surface area contributed by atoms with Crippen molar-refractivity contribution in [2.24, 2.45) is 5.92 Å². The van der Waals surface area contributed by atoms with Crippen LogP contribution in [0.2, 0.25) is 0 Å². The molecular weight excluding hydrogens is 449 g/mol. The summed E-state index contributed by atoms with van der Waals surface area (Å²) in [5, 5.41) is 3.69. The first-order valence-corrected chi connectivity index (χ1v) is 12.1. The third-order valence-corrected chi connectivity index (χ3v) is 7.13. The minimum absolute atomic E-state index is 0.0762. The van der Waals surface area contributed by atoms with Crippen LogP contribution in [0.25, 0.3) is 11.0 Å². The zero-order valence-corrected chi connectivity index (χ0v) is 20.5. The van der Waals surface area contributed by atoms with Gasteiger partial charge in [0.15, 0.2) is 11.5 Å². The summed E-state index contributed by atoms with van der Waals surface area (Å²) < 4.78 is 31.1. The Morgan fingerprint density at radius 1 is 1.17 bits per heavy atom. The van der Waals surface area contributed by atoms with E-state index < -0.39 is 0 Å². The number of hydrogen-bond acceptors (Lipinski definition) is 8. The number of nitrogens with one attached hydrogen (secondary N) is 1. The first-order chi connectivity index (χ1) is 16.9. The quantitative estimate of drug-likeness (QED) is 0.525. The Morgan fingerprint density at radius 3 is 2.83 bits per heavy atom. The van der Waals surface area contributed by atoms with Crippen LogP contribution in [0.15, 0.2) is 30.6 Å². The van der Waals surface area contributed by atoms with Gasteiger partial charge in [0.2, 0.25) is 5.88 Å². The number of halogens is 1. The van der Waals surface area contributed by atoms with E-state index in [9.17, 15) is 4.39 Å². The number of methoxy groups -OCH3 is 1. The molecule has 0 radical (unpaired) electrons. The first kappa shape index (κ1) is 23.7. The molecule has 8 nitrogen and oxygen atoms in total. The van der Waals surface area contributed by atoms with E-state index in [1.165, 1.54) is 6.20 Å². The van der Waals surface area contributed by atoms with Crippen LogP contribution < -0.4 is 19.5 Å². The first-order valence-electron chi connectivity index (χ1n) is 12.1. The summed E-state index contributed by atoms with van der Waals surface area (Å²) in [7, 11) is 1.56. The van der Waals surface area contributed by atoms with Crippen LogP contribution >= 0.6 is 0 Å². The second-order valence-electron chi connectivity index (χ2n) is 9.74. The molecule has 0 unspecified atom stereocenters. The van der Waals surface area contributed by atoms with Crippen molar-refractivity contribution in [1.29, 1.82) is 0 Å². The summed E-state index contributed by atoms with van der Waals surface area (Å²) in [6, 6.07) is 5.52. The lowest BCUT2D eigenvalue weighted by Gasteiger charge is -2.33. The lowest BCUT2D eigenvalue weighted by Crippen LogP contribution is -2.46. The summed E-state index contributed by atoms with van der Waals surface area (Å²) in [5.41, 5.74) is 2.71. The maximum absolute atomic E-state index is 14.7. The minimum Gasteiger partial charge on any atom is -0.486 e. The van der Waals surface area contributed by atoms with E-state index in [0.717, 1.165) is 37.5 Å². The average molecular weight is 482 g/mol. The smallest absolute Gasteiger partial charge is 0.213 e. The van der Waals surface area contributed by atoms with Gasteiger partial charge in [-0.3, -0.25) is 9.97 Å². The maximum Gasteiger partial charge on any atom is 0.213 e. The summed E-state index contributed by atoms with van der Waals surface area (Å²) in [6.45, 7) is 8.97. The predicted octanol–water partition coefficient (Wildman–Crippen LogP) is 3.38. The highest BCUT2D eigenvalue weighted by atomic mass is 19.1. The molecule has 0 saturated carbocycles. The molecule has 5 rings (SSSR count). The number of pyridine rings is 3. The summed E-state index contributed by atoms with van der Waals surface area (Å²) in [4.78, 5) is 15.5. The predicted molar refractivity (Wildman–Crippen MR) is 130 cm³/mol. The highest BCUT2D eigenvalue weighted by Gasteiger charge is 2.35. The Hall–Kier alpha value is -3.04. The van der Waals surface area contributed by atoms with Crippen LogP contribution in [0.5, 0.6) is 17.4 Å². The molecule has 0 aliphatic carbocycles. The topological polar surface area (TPSA) is 81.6 Å². The summed E-state index contributed by atoms with van der Waals surface area (Å²) in [5.74, 6) is 2.08. The number of aromatic nitrogens is 3. The highest BCUT2D eigenvalue weighted by Crippen LogP contribution is 2.31. The zero-order chi connectivity index (χ0) is 24.4. The fraction of sp³-hybridized carbons (Fsp3) is 0.500. The zero-order valence-electron chi connectivity index (χ0n) is 20.5. The molecule has 1 fully saturated rings. The van der Waals surface area contributed by atoms with Crippen LogP contribution in [0.1, 0.15) is 31.5 Å². The third-order valence-electron chi connectivity index (χ3n) is 7.13. The van der Waals surface area contributed by atoms with Crippen molar-refractivity contribution in [3.8, 4) is 17.4 Å². The molecule has 1 N–H and O–H groups in total. The molecule has 0 amide bonds. The van der Waals surface area contributed by atoms with Gasteiger partial charge in [-0.25, -0.2) is 9.37 Å². The Kier molecular flexibility index (Phi) is 6.71. The molecular formula is C26H32FN5O3. The van der Waals surface area contributed by atoms with Gasteiger partial charge in [-0.15, -0.1) is 0 Å². The van der Waals surface area contributed by atoms with Gasteiger partial charge < -0.3 is 24.4 Å². The standard InChI is InChI=1S/C26H32FN5O3/c1-26(2,30-13-18-12-22-23(15-28-18)35-11-10-34-22)17-6-8-32(16-17)9-7-19-20(27)14-29-21-4-5-24(33-3)31-25(19)21/h4-5,12,14-15,17,30H,6-11,13,16H2,1-3H3/t17-/m1/s1. The van der Waals surface area contributed by atoms with E-state index in [1.807, 2.05) is 12.1 Å². The number of fused-ring (bicyclic) bond motifs is 2. The van der Waals surface area contributed by atoms with Crippen LogP contribution in [-0.2, 0) is 13.0 Å². The van der Waals surface area contributed by atoms with Gasteiger partial charge in [0.05, 0.1) is 36.2 Å². The summed E-state index contributed by atoms with van der Waals surface area (Å²) in [6.07, 6.45) is 4.69. The van der Waals surface area contributed by atoms with Gasteiger partial charge in [-0.1, -0.05) is 0 Å². The molecule has 0 spiro atoms. The van der Waals surface area contributed by atoms with E-state index in [1.54, 1.807) is 19.4 Å². The maximum atomic E-state index is 14.7. The van der Waals surface area contributed by atoms with Gasteiger partial charge in [0, 0.05) is 42.9 Å². The molecule has 9 heteroatoms. The van der Waals surface area contributed by atoms with Crippen molar-refractivity contribution in [2.45, 2.75) is 38.8 Å². The summed E-state index contributed by atoms with van der Waals surface area (Å²) >= 11 is 0. The number of hydrogen-bond donors (Lipinski definition) is 1. The van der Waals surface area contributed by atoms with Gasteiger partial charge in [0.1, 0.15) is 19.0 Å². The van der Waals surface area contributed by atoms with Crippen molar-refractivity contribution >= 4 is 11.0 Å². The number of likely N-dealkylation sites (tertiary alicyclic amines) is 1. The van der Waals surface area contributed by atoms with Crippen LogP contribution in [0.3, 0.4) is 0 Å². The molecule has 5 heterocycles. The second-order valence-corrected chi connectivity index (χ2v) is 9.74. The highest BCUT2D eigenvalue weighted by molar-refractivity contribution is 5.78. The van der Waals surface area contributed by atoms with Crippen molar-refractivity contribution in [3.05, 3.63) is 47.7 Å². The average Bonchev–Trinajstić information content (AvgIpc) is 3.36. The Labute approximate surface area is 204 Å². The van der Waals surface area contributed by atoms with E-state index in [0.29, 0.717) is 60.3 Å². The number of nitrogens with zero attached hydrogens (tertiary/aromatic N) is 4. The van der Waals surface area contributed by atoms with Crippen molar-refractivity contribution < 1.29 is 18.6 Å². The van der Waals surface area contributed by atoms with Crippen molar-refractivity contribution in [2.75, 3.05) is 40.0 Å². The molecule has 2 aliphatic heterocycles. The van der Waals surface area contributed by atoms with Crippen LogP contribution in [0.4, 0.5) is 4.39 Å². The Bertz CT molecular complexity index is 1210. The van der Waals surface area contributed by atoms with Gasteiger partial charge in [-0.05, 0) is 45.2 Å². The van der Waals surface area contributed by atoms with E-state index >= 15 is 0 Å². The number of rotatable bonds is 8. The molecule has 2 aliphatic rings. The van der Waals surface area contributed by atoms with Crippen LogP contribution in [-0.4, -0.2) is 65.3 Å². The second kappa shape index (κ2) is 9.91. The Morgan fingerprint density at radius 2 is 2.00 bits per heavy atom. The molecule has 186 valence electrons. The monoisotopic (exact) mass is 481 g/mol. The molecule has 3 aromatic rings. The van der Waals surface area contributed by atoms with E-state index in [2.05, 4.69) is 39.0 Å². The van der Waals surface area contributed by atoms with E-state index in [-0.39, 0.29) is 11.4 Å². The lowest BCUT2D eigenvalue weighted by molar-refractivity contribution is 0.170. The molecule has 1 saturated heterocycles.